The fourth-order valence-corrected chi connectivity index (χ4v) is 1.53. The van der Waals surface area contributed by atoms with Gasteiger partial charge in [-0.15, -0.1) is 0 Å². The molecule has 0 saturated heterocycles. The van der Waals surface area contributed by atoms with E-state index >= 15 is 0 Å². The standard InChI is InChI=1S/C12H19NO2/c1-10(2)12(14,9-15-3)7-11-5-4-6-13-8-11/h4-6,8,10,14H,7,9H2,1-3H3. The van der Waals surface area contributed by atoms with Gasteiger partial charge in [-0.2, -0.15) is 0 Å². The molecule has 3 nitrogen and oxygen atoms in total. The van der Waals surface area contributed by atoms with Gasteiger partial charge in [0.15, 0.2) is 0 Å². The van der Waals surface area contributed by atoms with Gasteiger partial charge in [0.25, 0.3) is 0 Å². The molecule has 0 radical (unpaired) electrons. The molecule has 0 bridgehead atoms. The zero-order valence-corrected chi connectivity index (χ0v) is 9.60. The van der Waals surface area contributed by atoms with E-state index in [0.717, 1.165) is 5.56 Å². The van der Waals surface area contributed by atoms with Crippen molar-refractivity contribution in [1.82, 2.24) is 4.98 Å². The highest BCUT2D eigenvalue weighted by molar-refractivity contribution is 5.12. The average Bonchev–Trinajstić information content (AvgIpc) is 2.19. The minimum atomic E-state index is -0.808. The molecule has 0 fully saturated rings. The van der Waals surface area contributed by atoms with Crippen LogP contribution in [0.2, 0.25) is 0 Å². The average molecular weight is 209 g/mol. The SMILES string of the molecule is COCC(O)(Cc1cccnc1)C(C)C. The normalized spacial score (nSPS) is 15.3. The summed E-state index contributed by atoms with van der Waals surface area (Å²) in [7, 11) is 1.61. The third-order valence-corrected chi connectivity index (χ3v) is 2.70. The highest BCUT2D eigenvalue weighted by Gasteiger charge is 2.31. The molecule has 1 aromatic heterocycles. The van der Waals surface area contributed by atoms with Gasteiger partial charge in [-0.3, -0.25) is 4.98 Å². The zero-order chi connectivity index (χ0) is 11.3. The van der Waals surface area contributed by atoms with Crippen LogP contribution in [0.3, 0.4) is 0 Å². The van der Waals surface area contributed by atoms with Gasteiger partial charge in [0.1, 0.15) is 0 Å². The molecule has 1 rings (SSSR count). The highest BCUT2D eigenvalue weighted by atomic mass is 16.5. The Labute approximate surface area is 91.1 Å². The molecule has 0 aliphatic heterocycles. The summed E-state index contributed by atoms with van der Waals surface area (Å²) in [6, 6.07) is 3.85. The summed E-state index contributed by atoms with van der Waals surface area (Å²) in [5, 5.41) is 10.4. The zero-order valence-electron chi connectivity index (χ0n) is 9.60. The number of ether oxygens (including phenoxy) is 1. The molecule has 1 unspecified atom stereocenters. The van der Waals surface area contributed by atoms with Gasteiger partial charge in [0.05, 0.1) is 12.2 Å². The van der Waals surface area contributed by atoms with Crippen molar-refractivity contribution in [3.8, 4) is 0 Å². The van der Waals surface area contributed by atoms with Crippen molar-refractivity contribution in [2.24, 2.45) is 5.92 Å². The first kappa shape index (κ1) is 12.1. The lowest BCUT2D eigenvalue weighted by molar-refractivity contribution is -0.0637. The summed E-state index contributed by atoms with van der Waals surface area (Å²) in [6.07, 6.45) is 4.09. The number of methoxy groups -OCH3 is 1. The summed E-state index contributed by atoms with van der Waals surface area (Å²) < 4.78 is 5.07. The number of rotatable bonds is 5. The van der Waals surface area contributed by atoms with Crippen LogP contribution in [-0.4, -0.2) is 29.4 Å². The van der Waals surface area contributed by atoms with Crippen LogP contribution in [0.4, 0.5) is 0 Å². The topological polar surface area (TPSA) is 42.4 Å². The Bertz CT molecular complexity index is 287. The summed E-state index contributed by atoms with van der Waals surface area (Å²) >= 11 is 0. The van der Waals surface area contributed by atoms with E-state index in [-0.39, 0.29) is 5.92 Å². The van der Waals surface area contributed by atoms with E-state index in [1.807, 2.05) is 26.0 Å². The predicted octanol–water partition coefficient (Wildman–Crippen LogP) is 1.66. The van der Waals surface area contributed by atoms with E-state index in [1.54, 1.807) is 19.5 Å². The Hall–Kier alpha value is -0.930. The van der Waals surface area contributed by atoms with Crippen molar-refractivity contribution < 1.29 is 9.84 Å². The molecule has 1 N–H and O–H groups in total. The fourth-order valence-electron chi connectivity index (χ4n) is 1.53. The number of aliphatic hydroxyl groups is 1. The van der Waals surface area contributed by atoms with Crippen molar-refractivity contribution in [2.45, 2.75) is 25.9 Å². The van der Waals surface area contributed by atoms with E-state index in [2.05, 4.69) is 4.98 Å². The third kappa shape index (κ3) is 3.29. The van der Waals surface area contributed by atoms with Gasteiger partial charge >= 0.3 is 0 Å². The largest absolute Gasteiger partial charge is 0.387 e. The number of hydrogen-bond acceptors (Lipinski definition) is 3. The Morgan fingerprint density at radius 2 is 2.27 bits per heavy atom. The van der Waals surface area contributed by atoms with Crippen LogP contribution >= 0.6 is 0 Å². The van der Waals surface area contributed by atoms with Crippen molar-refractivity contribution >= 4 is 0 Å². The predicted molar refractivity (Wildman–Crippen MR) is 59.6 cm³/mol. The summed E-state index contributed by atoms with van der Waals surface area (Å²) in [4.78, 5) is 4.04. The summed E-state index contributed by atoms with van der Waals surface area (Å²) in [5.74, 6) is 0.151. The molecule has 15 heavy (non-hydrogen) atoms. The maximum absolute atomic E-state index is 10.4. The molecule has 0 saturated carbocycles. The van der Waals surface area contributed by atoms with E-state index in [4.69, 9.17) is 4.74 Å². The molecule has 0 aromatic carbocycles. The first-order chi connectivity index (χ1) is 7.08. The van der Waals surface area contributed by atoms with E-state index in [0.29, 0.717) is 13.0 Å². The molecule has 1 atom stereocenters. The second-order valence-electron chi connectivity index (χ2n) is 4.23. The molecule has 84 valence electrons. The summed E-state index contributed by atoms with van der Waals surface area (Å²) in [6.45, 7) is 4.34. The van der Waals surface area contributed by atoms with Crippen molar-refractivity contribution in [2.75, 3.05) is 13.7 Å². The molecular formula is C12H19NO2. The van der Waals surface area contributed by atoms with Crippen LogP contribution in [0.1, 0.15) is 19.4 Å². The number of aromatic nitrogens is 1. The van der Waals surface area contributed by atoms with Crippen LogP contribution in [0.25, 0.3) is 0 Å². The van der Waals surface area contributed by atoms with Crippen LogP contribution in [0, 0.1) is 5.92 Å². The monoisotopic (exact) mass is 209 g/mol. The summed E-state index contributed by atoms with van der Waals surface area (Å²) in [5.41, 5.74) is 0.225. The molecule has 0 aliphatic rings. The highest BCUT2D eigenvalue weighted by Crippen LogP contribution is 2.22. The molecular weight excluding hydrogens is 190 g/mol. The third-order valence-electron chi connectivity index (χ3n) is 2.70. The second-order valence-corrected chi connectivity index (χ2v) is 4.23. The van der Waals surface area contributed by atoms with Crippen LogP contribution in [-0.2, 0) is 11.2 Å². The van der Waals surface area contributed by atoms with Crippen molar-refractivity contribution in [3.05, 3.63) is 30.1 Å². The van der Waals surface area contributed by atoms with Crippen molar-refractivity contribution in [1.29, 1.82) is 0 Å². The van der Waals surface area contributed by atoms with Gasteiger partial charge in [-0.25, -0.2) is 0 Å². The maximum Gasteiger partial charge on any atom is 0.0943 e. The molecule has 0 amide bonds. The fraction of sp³-hybridized carbons (Fsp3) is 0.583. The minimum Gasteiger partial charge on any atom is -0.387 e. The van der Waals surface area contributed by atoms with Crippen LogP contribution < -0.4 is 0 Å². The van der Waals surface area contributed by atoms with E-state index < -0.39 is 5.60 Å². The Kier molecular flexibility index (Phi) is 4.24. The van der Waals surface area contributed by atoms with Crippen LogP contribution in [0.15, 0.2) is 24.5 Å². The van der Waals surface area contributed by atoms with Crippen LogP contribution in [0.5, 0.6) is 0 Å². The maximum atomic E-state index is 10.4. The molecule has 0 aliphatic carbocycles. The number of nitrogens with zero attached hydrogens (tertiary/aromatic N) is 1. The van der Waals surface area contributed by atoms with Crippen molar-refractivity contribution in [3.63, 3.8) is 0 Å². The minimum absolute atomic E-state index is 0.151. The molecule has 0 spiro atoms. The van der Waals surface area contributed by atoms with Gasteiger partial charge in [-0.1, -0.05) is 19.9 Å². The number of pyridine rings is 1. The van der Waals surface area contributed by atoms with E-state index in [1.165, 1.54) is 0 Å². The van der Waals surface area contributed by atoms with E-state index in [9.17, 15) is 5.11 Å². The molecule has 3 heteroatoms. The lowest BCUT2D eigenvalue weighted by atomic mass is 9.85. The Balaban J connectivity index is 2.75. The first-order valence-electron chi connectivity index (χ1n) is 5.18. The van der Waals surface area contributed by atoms with Gasteiger partial charge in [-0.05, 0) is 17.5 Å². The lowest BCUT2D eigenvalue weighted by Gasteiger charge is -2.31. The first-order valence-corrected chi connectivity index (χ1v) is 5.18. The smallest absolute Gasteiger partial charge is 0.0943 e. The van der Waals surface area contributed by atoms with Gasteiger partial charge < -0.3 is 9.84 Å². The van der Waals surface area contributed by atoms with Gasteiger partial charge in [0, 0.05) is 25.9 Å². The quantitative estimate of drug-likeness (QED) is 0.802. The lowest BCUT2D eigenvalue weighted by Crippen LogP contribution is -2.42. The molecule has 1 heterocycles. The second kappa shape index (κ2) is 5.24. The molecule has 1 aromatic rings. The van der Waals surface area contributed by atoms with Gasteiger partial charge in [0.2, 0.25) is 0 Å². The number of hydrogen-bond donors (Lipinski definition) is 1. The Morgan fingerprint density at radius 1 is 1.53 bits per heavy atom. The Morgan fingerprint density at radius 3 is 2.73 bits per heavy atom.